The average Bonchev–Trinajstić information content (AvgIpc) is 2.52. The van der Waals surface area contributed by atoms with E-state index in [2.05, 4.69) is 34.0 Å². The van der Waals surface area contributed by atoms with Crippen LogP contribution in [0.5, 0.6) is 5.88 Å². The van der Waals surface area contributed by atoms with Crippen molar-refractivity contribution in [1.82, 2.24) is 9.97 Å². The van der Waals surface area contributed by atoms with Crippen LogP contribution in [0.15, 0.2) is 55.3 Å². The molecule has 0 aliphatic heterocycles. The maximum absolute atomic E-state index is 5.12. The molecule has 0 radical (unpaired) electrons. The molecule has 2 aromatic rings. The van der Waals surface area contributed by atoms with E-state index in [-0.39, 0.29) is 6.04 Å². The minimum absolute atomic E-state index is 0.154. The van der Waals surface area contributed by atoms with Crippen molar-refractivity contribution >= 4 is 5.95 Å². The Bertz CT molecular complexity index is 542. The molecule has 1 atom stereocenters. The minimum atomic E-state index is 0.154. The number of ether oxygens (including phenoxy) is 1. The van der Waals surface area contributed by atoms with Gasteiger partial charge in [-0.1, -0.05) is 36.4 Å². The van der Waals surface area contributed by atoms with E-state index in [0.717, 1.165) is 12.8 Å². The van der Waals surface area contributed by atoms with Gasteiger partial charge in [-0.3, -0.25) is 0 Å². The Morgan fingerprint density at radius 2 is 2.10 bits per heavy atom. The molecule has 1 aromatic carbocycles. The van der Waals surface area contributed by atoms with Crippen LogP contribution in [0.2, 0.25) is 0 Å². The van der Waals surface area contributed by atoms with Gasteiger partial charge in [-0.05, 0) is 18.4 Å². The van der Waals surface area contributed by atoms with Crippen LogP contribution in [0.25, 0.3) is 0 Å². The largest absolute Gasteiger partial charge is 0.481 e. The lowest BCUT2D eigenvalue weighted by molar-refractivity contribution is 0.397. The first kappa shape index (κ1) is 14.1. The van der Waals surface area contributed by atoms with Crippen molar-refractivity contribution < 1.29 is 4.74 Å². The second-order valence-corrected chi connectivity index (χ2v) is 4.40. The van der Waals surface area contributed by atoms with Crippen LogP contribution in [0.4, 0.5) is 5.95 Å². The quantitative estimate of drug-likeness (QED) is 0.780. The SMILES string of the molecule is C=CCCC(Nc1nccc(OC)n1)c1ccccc1. The van der Waals surface area contributed by atoms with Crippen LogP contribution in [0.3, 0.4) is 0 Å². The Balaban J connectivity index is 2.16. The molecular formula is C16H19N3O. The molecule has 20 heavy (non-hydrogen) atoms. The number of anilines is 1. The first-order valence-corrected chi connectivity index (χ1v) is 6.63. The predicted octanol–water partition coefficient (Wildman–Crippen LogP) is 3.60. The van der Waals surface area contributed by atoms with Crippen LogP contribution in [-0.4, -0.2) is 17.1 Å². The number of rotatable bonds is 7. The summed E-state index contributed by atoms with van der Waals surface area (Å²) in [6.45, 7) is 3.78. The van der Waals surface area contributed by atoms with Gasteiger partial charge in [-0.2, -0.15) is 4.98 Å². The number of aromatic nitrogens is 2. The van der Waals surface area contributed by atoms with E-state index in [4.69, 9.17) is 4.74 Å². The van der Waals surface area contributed by atoms with Crippen LogP contribution in [0.1, 0.15) is 24.4 Å². The molecule has 1 unspecified atom stereocenters. The average molecular weight is 269 g/mol. The minimum Gasteiger partial charge on any atom is -0.481 e. The lowest BCUT2D eigenvalue weighted by atomic mass is 10.0. The smallest absolute Gasteiger partial charge is 0.226 e. The van der Waals surface area contributed by atoms with Gasteiger partial charge in [0.2, 0.25) is 11.8 Å². The molecule has 0 aliphatic carbocycles. The van der Waals surface area contributed by atoms with E-state index in [0.29, 0.717) is 11.8 Å². The Morgan fingerprint density at radius 3 is 2.80 bits per heavy atom. The van der Waals surface area contributed by atoms with Crippen molar-refractivity contribution in [2.24, 2.45) is 0 Å². The third-order valence-electron chi connectivity index (χ3n) is 3.00. The first-order valence-electron chi connectivity index (χ1n) is 6.63. The molecular weight excluding hydrogens is 250 g/mol. The highest BCUT2D eigenvalue weighted by atomic mass is 16.5. The fourth-order valence-corrected chi connectivity index (χ4v) is 1.97. The van der Waals surface area contributed by atoms with E-state index in [1.807, 2.05) is 24.3 Å². The van der Waals surface area contributed by atoms with Gasteiger partial charge in [0.15, 0.2) is 0 Å². The van der Waals surface area contributed by atoms with Crippen molar-refractivity contribution in [2.75, 3.05) is 12.4 Å². The molecule has 4 heteroatoms. The maximum Gasteiger partial charge on any atom is 0.226 e. The summed E-state index contributed by atoms with van der Waals surface area (Å²) in [6.07, 6.45) is 5.47. The molecule has 0 saturated carbocycles. The van der Waals surface area contributed by atoms with Crippen LogP contribution < -0.4 is 10.1 Å². The summed E-state index contributed by atoms with van der Waals surface area (Å²) >= 11 is 0. The van der Waals surface area contributed by atoms with Gasteiger partial charge in [-0.15, -0.1) is 6.58 Å². The normalized spacial score (nSPS) is 11.7. The van der Waals surface area contributed by atoms with Gasteiger partial charge < -0.3 is 10.1 Å². The summed E-state index contributed by atoms with van der Waals surface area (Å²) < 4.78 is 5.12. The predicted molar refractivity (Wildman–Crippen MR) is 80.8 cm³/mol. The molecule has 0 amide bonds. The van der Waals surface area contributed by atoms with Crippen molar-refractivity contribution in [2.45, 2.75) is 18.9 Å². The number of methoxy groups -OCH3 is 1. The standard InChI is InChI=1S/C16H19N3O/c1-3-4-10-14(13-8-6-5-7-9-13)18-16-17-12-11-15(19-16)20-2/h3,5-9,11-12,14H,1,4,10H2,2H3,(H,17,18,19). The molecule has 4 nitrogen and oxygen atoms in total. The van der Waals surface area contributed by atoms with Crippen LogP contribution in [0, 0.1) is 0 Å². The second kappa shape index (κ2) is 7.28. The molecule has 0 spiro atoms. The van der Waals surface area contributed by atoms with Crippen LogP contribution >= 0.6 is 0 Å². The van der Waals surface area contributed by atoms with E-state index < -0.39 is 0 Å². The van der Waals surface area contributed by atoms with E-state index in [9.17, 15) is 0 Å². The number of allylic oxidation sites excluding steroid dienone is 1. The lowest BCUT2D eigenvalue weighted by Gasteiger charge is -2.18. The van der Waals surface area contributed by atoms with Crippen molar-refractivity contribution in [1.29, 1.82) is 0 Å². The Kier molecular flexibility index (Phi) is 5.12. The first-order chi connectivity index (χ1) is 9.83. The number of benzene rings is 1. The molecule has 0 bridgehead atoms. The Hall–Kier alpha value is -2.36. The summed E-state index contributed by atoms with van der Waals surface area (Å²) in [5, 5.41) is 3.35. The summed E-state index contributed by atoms with van der Waals surface area (Å²) in [4.78, 5) is 8.53. The number of hydrogen-bond acceptors (Lipinski definition) is 4. The summed E-state index contributed by atoms with van der Waals surface area (Å²) in [7, 11) is 1.60. The monoisotopic (exact) mass is 269 g/mol. The van der Waals surface area contributed by atoms with Crippen molar-refractivity contribution in [3.63, 3.8) is 0 Å². The summed E-state index contributed by atoms with van der Waals surface area (Å²) in [5.41, 5.74) is 1.21. The Labute approximate surface area is 119 Å². The molecule has 1 aromatic heterocycles. The van der Waals surface area contributed by atoms with Crippen molar-refractivity contribution in [3.8, 4) is 5.88 Å². The van der Waals surface area contributed by atoms with Gasteiger partial charge in [0.1, 0.15) is 0 Å². The molecule has 104 valence electrons. The highest BCUT2D eigenvalue weighted by Crippen LogP contribution is 2.23. The molecule has 0 aliphatic rings. The fourth-order valence-electron chi connectivity index (χ4n) is 1.97. The van der Waals surface area contributed by atoms with E-state index in [1.54, 1.807) is 19.4 Å². The van der Waals surface area contributed by atoms with E-state index in [1.165, 1.54) is 5.56 Å². The van der Waals surface area contributed by atoms with Gasteiger partial charge in [-0.25, -0.2) is 4.98 Å². The fraction of sp³-hybridized carbons (Fsp3) is 0.250. The zero-order valence-electron chi connectivity index (χ0n) is 11.6. The van der Waals surface area contributed by atoms with Gasteiger partial charge in [0.05, 0.1) is 13.2 Å². The second-order valence-electron chi connectivity index (χ2n) is 4.40. The number of nitrogens with zero attached hydrogens (tertiary/aromatic N) is 2. The number of hydrogen-bond donors (Lipinski definition) is 1. The molecule has 2 rings (SSSR count). The highest BCUT2D eigenvalue weighted by molar-refractivity contribution is 5.33. The third-order valence-corrected chi connectivity index (χ3v) is 3.00. The highest BCUT2D eigenvalue weighted by Gasteiger charge is 2.12. The van der Waals surface area contributed by atoms with Gasteiger partial charge >= 0.3 is 0 Å². The molecule has 0 fully saturated rings. The molecule has 1 heterocycles. The summed E-state index contributed by atoms with van der Waals surface area (Å²) in [6, 6.07) is 12.2. The van der Waals surface area contributed by atoms with Crippen LogP contribution in [-0.2, 0) is 0 Å². The zero-order chi connectivity index (χ0) is 14.2. The number of nitrogens with one attached hydrogen (secondary N) is 1. The van der Waals surface area contributed by atoms with E-state index >= 15 is 0 Å². The summed E-state index contributed by atoms with van der Waals surface area (Å²) in [5.74, 6) is 1.13. The van der Waals surface area contributed by atoms with Gasteiger partial charge in [0.25, 0.3) is 0 Å². The lowest BCUT2D eigenvalue weighted by Crippen LogP contribution is -2.13. The molecule has 0 saturated heterocycles. The van der Waals surface area contributed by atoms with Crippen molar-refractivity contribution in [3.05, 3.63) is 60.8 Å². The Morgan fingerprint density at radius 1 is 1.30 bits per heavy atom. The maximum atomic E-state index is 5.12. The molecule has 1 N–H and O–H groups in total. The van der Waals surface area contributed by atoms with Gasteiger partial charge in [0, 0.05) is 12.3 Å². The third kappa shape index (κ3) is 3.82. The topological polar surface area (TPSA) is 47.0 Å². The zero-order valence-corrected chi connectivity index (χ0v) is 11.6.